The summed E-state index contributed by atoms with van der Waals surface area (Å²) < 4.78 is 5.75. The number of rotatable bonds is 7. The first-order chi connectivity index (χ1) is 14.8. The molecule has 0 spiro atoms. The number of hydrogen-bond donors (Lipinski definition) is 3. The number of anilines is 1. The first-order valence-corrected chi connectivity index (χ1v) is 9.17. The minimum Gasteiger partial charge on any atom is -0.436 e. The summed E-state index contributed by atoms with van der Waals surface area (Å²) in [4.78, 5) is 30.2. The number of hydrogen-bond acceptors (Lipinski definition) is 9. The second-order valence-electron chi connectivity index (χ2n) is 7.13. The second kappa shape index (κ2) is 9.17. The zero-order valence-electron chi connectivity index (χ0n) is 16.9. The van der Waals surface area contributed by atoms with E-state index in [4.69, 9.17) is 20.6 Å². The van der Waals surface area contributed by atoms with Crippen LogP contribution in [0.15, 0.2) is 48.8 Å². The summed E-state index contributed by atoms with van der Waals surface area (Å²) >= 11 is 0. The molecule has 2 heterocycles. The van der Waals surface area contributed by atoms with E-state index in [1.165, 1.54) is 20.0 Å². The molecule has 1 amide bonds. The Morgan fingerprint density at radius 2 is 2.10 bits per heavy atom. The number of ether oxygens (including phenoxy) is 1. The fraction of sp³-hybridized carbons (Fsp3) is 0.190. The number of aromatic nitrogens is 3. The van der Waals surface area contributed by atoms with Gasteiger partial charge in [-0.15, -0.1) is 0 Å². The van der Waals surface area contributed by atoms with Crippen molar-refractivity contribution in [1.82, 2.24) is 20.4 Å². The third-order valence-electron chi connectivity index (χ3n) is 3.82. The lowest BCUT2D eigenvalue weighted by Gasteiger charge is -2.17. The van der Waals surface area contributed by atoms with Gasteiger partial charge in [-0.3, -0.25) is 14.6 Å². The summed E-state index contributed by atoms with van der Waals surface area (Å²) in [5.41, 5.74) is 7.89. The summed E-state index contributed by atoms with van der Waals surface area (Å²) in [7, 11) is 0. The molecule has 3 aromatic rings. The van der Waals surface area contributed by atoms with Gasteiger partial charge in [0.15, 0.2) is 5.82 Å². The van der Waals surface area contributed by atoms with Gasteiger partial charge in [0, 0.05) is 11.8 Å². The Labute approximate surface area is 178 Å². The topological polar surface area (TPSA) is 156 Å². The van der Waals surface area contributed by atoms with Gasteiger partial charge in [-0.2, -0.15) is 10.2 Å². The molecule has 0 bridgehead atoms. The Balaban J connectivity index is 2.00. The summed E-state index contributed by atoms with van der Waals surface area (Å²) in [5.74, 6) is -0.540. The number of nitrogens with two attached hydrogens (primary N) is 1. The van der Waals surface area contributed by atoms with Gasteiger partial charge < -0.3 is 15.6 Å². The molecular formula is C21H20N6O4. The summed E-state index contributed by atoms with van der Waals surface area (Å²) in [6.07, 6.45) is 3.01. The van der Waals surface area contributed by atoms with Gasteiger partial charge >= 0.3 is 0 Å². The molecule has 1 aromatic carbocycles. The van der Waals surface area contributed by atoms with E-state index in [0.29, 0.717) is 16.9 Å². The van der Waals surface area contributed by atoms with E-state index < -0.39 is 11.5 Å². The average molecular weight is 420 g/mol. The monoisotopic (exact) mass is 420 g/mol. The lowest BCUT2D eigenvalue weighted by Crippen LogP contribution is -2.34. The zero-order valence-corrected chi connectivity index (χ0v) is 16.9. The van der Waals surface area contributed by atoms with Crippen molar-refractivity contribution < 1.29 is 19.5 Å². The van der Waals surface area contributed by atoms with Crippen molar-refractivity contribution >= 4 is 11.7 Å². The lowest BCUT2D eigenvalue weighted by molar-refractivity contribution is -0.0523. The number of nitrogens with zero attached hydrogens (tertiary/aromatic N) is 4. The highest BCUT2D eigenvalue weighted by Gasteiger charge is 2.23. The zero-order chi connectivity index (χ0) is 22.4. The highest BCUT2D eigenvalue weighted by Crippen LogP contribution is 2.29. The van der Waals surface area contributed by atoms with Gasteiger partial charge in [-0.05, 0) is 38.1 Å². The molecule has 0 aliphatic heterocycles. The highest BCUT2D eigenvalue weighted by atomic mass is 16.7. The third-order valence-corrected chi connectivity index (χ3v) is 3.82. The number of hydroxylamine groups is 1. The van der Waals surface area contributed by atoms with Gasteiger partial charge in [-0.25, -0.2) is 10.5 Å². The maximum atomic E-state index is 12.7. The van der Waals surface area contributed by atoms with Crippen molar-refractivity contribution in [3.63, 3.8) is 0 Å². The molecule has 10 nitrogen and oxygen atoms in total. The van der Waals surface area contributed by atoms with Crippen molar-refractivity contribution in [3.05, 3.63) is 59.9 Å². The number of amides is 1. The van der Waals surface area contributed by atoms with Crippen LogP contribution < -0.4 is 16.0 Å². The minimum atomic E-state index is -1.15. The van der Waals surface area contributed by atoms with Crippen molar-refractivity contribution in [2.24, 2.45) is 0 Å². The Morgan fingerprint density at radius 1 is 1.29 bits per heavy atom. The van der Waals surface area contributed by atoms with E-state index in [9.17, 15) is 9.90 Å². The Hall–Kier alpha value is -4.07. The van der Waals surface area contributed by atoms with E-state index in [1.54, 1.807) is 42.6 Å². The maximum Gasteiger partial charge on any atom is 0.284 e. The Kier molecular flexibility index (Phi) is 6.40. The van der Waals surface area contributed by atoms with Crippen molar-refractivity contribution in [2.45, 2.75) is 19.4 Å². The smallest absolute Gasteiger partial charge is 0.284 e. The number of nitriles is 1. The molecule has 31 heavy (non-hydrogen) atoms. The molecule has 0 fully saturated rings. The van der Waals surface area contributed by atoms with Crippen molar-refractivity contribution in [1.29, 1.82) is 5.26 Å². The Bertz CT molecular complexity index is 1120. The summed E-state index contributed by atoms with van der Waals surface area (Å²) in [5, 5.41) is 18.9. The van der Waals surface area contributed by atoms with Crippen molar-refractivity contribution in [3.8, 4) is 29.1 Å². The predicted octanol–water partition coefficient (Wildman–Crippen LogP) is 2.22. The highest BCUT2D eigenvalue weighted by molar-refractivity contribution is 6.00. The molecule has 0 radical (unpaired) electrons. The van der Waals surface area contributed by atoms with E-state index >= 15 is 0 Å². The molecule has 0 saturated carbocycles. The number of carbonyl (C=O) groups excluding carboxylic acids is 1. The van der Waals surface area contributed by atoms with Crippen LogP contribution in [0.5, 0.6) is 11.6 Å². The molecule has 3 rings (SSSR count). The second-order valence-corrected chi connectivity index (χ2v) is 7.13. The Morgan fingerprint density at radius 3 is 2.77 bits per heavy atom. The third kappa shape index (κ3) is 5.72. The van der Waals surface area contributed by atoms with Crippen molar-refractivity contribution in [2.75, 3.05) is 12.3 Å². The first-order valence-electron chi connectivity index (χ1n) is 9.17. The van der Waals surface area contributed by atoms with Gasteiger partial charge in [0.2, 0.25) is 5.88 Å². The van der Waals surface area contributed by atoms with Gasteiger partial charge in [0.1, 0.15) is 23.7 Å². The molecule has 4 N–H and O–H groups in total. The van der Waals surface area contributed by atoms with Gasteiger partial charge in [-0.1, -0.05) is 12.1 Å². The van der Waals surface area contributed by atoms with Crippen LogP contribution in [-0.4, -0.2) is 38.2 Å². The largest absolute Gasteiger partial charge is 0.436 e. The van der Waals surface area contributed by atoms with Gasteiger partial charge in [0.25, 0.3) is 5.91 Å². The predicted molar refractivity (Wildman–Crippen MR) is 111 cm³/mol. The fourth-order valence-electron chi connectivity index (χ4n) is 2.45. The van der Waals surface area contributed by atoms with Crippen LogP contribution in [0.25, 0.3) is 11.4 Å². The number of carbonyl (C=O) groups is 1. The van der Waals surface area contributed by atoms with E-state index in [0.717, 1.165) is 0 Å². The average Bonchev–Trinajstić information content (AvgIpc) is 2.73. The molecule has 158 valence electrons. The maximum absolute atomic E-state index is 12.7. The lowest BCUT2D eigenvalue weighted by atomic mass is 10.1. The normalized spacial score (nSPS) is 10.9. The van der Waals surface area contributed by atoms with Crippen LogP contribution in [-0.2, 0) is 4.84 Å². The fourth-order valence-corrected chi connectivity index (χ4v) is 2.45. The molecule has 0 unspecified atom stereocenters. The summed E-state index contributed by atoms with van der Waals surface area (Å²) in [6, 6.07) is 11.9. The van der Waals surface area contributed by atoms with Crippen LogP contribution in [0.2, 0.25) is 0 Å². The molecule has 0 aliphatic carbocycles. The van der Waals surface area contributed by atoms with E-state index in [-0.39, 0.29) is 29.7 Å². The molecule has 10 heteroatoms. The standard InChI is InChI=1S/C21H20N6O4/c1-21(2,29)12-30-27-19(28)16-17(23)25-18(14-6-3-5-13(9-14)10-22)26-20(16)31-15-7-4-8-24-11-15/h3-9,11,29H,12H2,1-2H3,(H,27,28)(H2,23,25,26). The van der Waals surface area contributed by atoms with Crippen LogP contribution in [0.3, 0.4) is 0 Å². The molecule has 2 aromatic heterocycles. The molecular weight excluding hydrogens is 400 g/mol. The quantitative estimate of drug-likeness (QED) is 0.488. The van der Waals surface area contributed by atoms with Crippen LogP contribution >= 0.6 is 0 Å². The minimum absolute atomic E-state index is 0.123. The van der Waals surface area contributed by atoms with Crippen LogP contribution in [0, 0.1) is 11.3 Å². The number of benzene rings is 1. The SMILES string of the molecule is CC(C)(O)CONC(=O)c1c(N)nc(-c2cccc(C#N)c2)nc1Oc1cccnc1. The number of nitrogen functional groups attached to an aromatic ring is 1. The van der Waals surface area contributed by atoms with E-state index in [1.807, 2.05) is 6.07 Å². The number of aliphatic hydroxyl groups is 1. The molecule has 0 saturated heterocycles. The number of pyridine rings is 1. The van der Waals surface area contributed by atoms with Gasteiger partial charge in [0.05, 0.1) is 23.4 Å². The number of nitrogens with one attached hydrogen (secondary N) is 1. The first kappa shape index (κ1) is 21.6. The van der Waals surface area contributed by atoms with Crippen LogP contribution in [0.1, 0.15) is 29.8 Å². The molecule has 0 aliphatic rings. The van der Waals surface area contributed by atoms with Crippen LogP contribution in [0.4, 0.5) is 5.82 Å². The van der Waals surface area contributed by atoms with E-state index in [2.05, 4.69) is 20.4 Å². The molecule has 0 atom stereocenters. The summed E-state index contributed by atoms with van der Waals surface area (Å²) in [6.45, 7) is 2.90.